The van der Waals surface area contributed by atoms with Gasteiger partial charge in [0, 0.05) is 27.6 Å². The van der Waals surface area contributed by atoms with E-state index in [4.69, 9.17) is 19.9 Å². The van der Waals surface area contributed by atoms with E-state index in [0.717, 1.165) is 50.0 Å². The summed E-state index contributed by atoms with van der Waals surface area (Å²) in [7, 11) is 0. The van der Waals surface area contributed by atoms with E-state index >= 15 is 0 Å². The van der Waals surface area contributed by atoms with Gasteiger partial charge in [0.2, 0.25) is 0 Å². The number of hydrogen-bond donors (Lipinski definition) is 0. The van der Waals surface area contributed by atoms with Gasteiger partial charge in [-0.15, -0.1) is 0 Å². The molecule has 8 aromatic rings. The summed E-state index contributed by atoms with van der Waals surface area (Å²) in [5.74, 6) is 1.94. The van der Waals surface area contributed by atoms with Crippen LogP contribution in [0.25, 0.3) is 78.2 Å². The van der Waals surface area contributed by atoms with Crippen molar-refractivity contribution in [2.24, 2.45) is 0 Å². The van der Waals surface area contributed by atoms with Crippen molar-refractivity contribution in [2.75, 3.05) is 0 Å². The minimum atomic E-state index is 0.638. The first-order valence-electron chi connectivity index (χ1n) is 14.7. The Labute approximate surface area is 255 Å². The van der Waals surface area contributed by atoms with E-state index < -0.39 is 0 Å². The molecule has 2 heterocycles. The second-order valence-corrected chi connectivity index (χ2v) is 10.7. The molecule has 0 aliphatic carbocycles. The monoisotopic (exact) mass is 562 g/mol. The van der Waals surface area contributed by atoms with Crippen molar-refractivity contribution < 1.29 is 0 Å². The molecule has 0 spiro atoms. The molecule has 0 unspecified atom stereocenters. The Kier molecular flexibility index (Phi) is 6.43. The molecule has 0 N–H and O–H groups in total. The average molecular weight is 563 g/mol. The van der Waals surface area contributed by atoms with Gasteiger partial charge in [-0.3, -0.25) is 0 Å². The Balaban J connectivity index is 1.29. The van der Waals surface area contributed by atoms with Gasteiger partial charge in [-0.05, 0) is 34.0 Å². The predicted octanol–water partition coefficient (Wildman–Crippen LogP) is 9.91. The van der Waals surface area contributed by atoms with Gasteiger partial charge < -0.3 is 0 Å². The van der Waals surface area contributed by atoms with Crippen LogP contribution in [-0.2, 0) is 0 Å². The number of hydrogen-bond acceptors (Lipinski definition) is 4. The first-order chi connectivity index (χ1) is 21.8. The lowest BCUT2D eigenvalue weighted by atomic mass is 9.94. The molecule has 8 rings (SSSR count). The smallest absolute Gasteiger partial charge is 0.164 e. The second kappa shape index (κ2) is 11.0. The fraction of sp³-hybridized carbons (Fsp3) is 0. The molecule has 0 bridgehead atoms. The maximum absolute atomic E-state index is 5.10. The molecule has 6 aromatic carbocycles. The third-order valence-electron chi connectivity index (χ3n) is 7.92. The highest BCUT2D eigenvalue weighted by atomic mass is 15.0. The van der Waals surface area contributed by atoms with Gasteiger partial charge in [-0.1, -0.05) is 146 Å². The summed E-state index contributed by atoms with van der Waals surface area (Å²) in [6.07, 6.45) is 0. The fourth-order valence-electron chi connectivity index (χ4n) is 5.73. The summed E-state index contributed by atoms with van der Waals surface area (Å²) in [6.45, 7) is 0. The zero-order valence-electron chi connectivity index (χ0n) is 23.8. The van der Waals surface area contributed by atoms with Crippen molar-refractivity contribution in [1.29, 1.82) is 0 Å². The maximum Gasteiger partial charge on any atom is 0.164 e. The molecule has 206 valence electrons. The Morgan fingerprint density at radius 1 is 0.341 bits per heavy atom. The summed E-state index contributed by atoms with van der Waals surface area (Å²) in [4.78, 5) is 19.8. The topological polar surface area (TPSA) is 51.6 Å². The average Bonchev–Trinajstić information content (AvgIpc) is 3.12. The van der Waals surface area contributed by atoms with E-state index in [2.05, 4.69) is 91.0 Å². The number of pyridine rings is 1. The van der Waals surface area contributed by atoms with Gasteiger partial charge in [0.1, 0.15) is 0 Å². The number of nitrogens with zero attached hydrogens (tertiary/aromatic N) is 4. The maximum atomic E-state index is 5.10. The van der Waals surface area contributed by atoms with Crippen LogP contribution in [0.15, 0.2) is 158 Å². The molecule has 0 amide bonds. The van der Waals surface area contributed by atoms with E-state index in [9.17, 15) is 0 Å². The van der Waals surface area contributed by atoms with Crippen molar-refractivity contribution in [3.05, 3.63) is 158 Å². The lowest BCUT2D eigenvalue weighted by Crippen LogP contribution is -2.00. The van der Waals surface area contributed by atoms with Gasteiger partial charge in [-0.25, -0.2) is 19.9 Å². The van der Waals surface area contributed by atoms with E-state index in [0.29, 0.717) is 17.5 Å². The molecule has 4 heteroatoms. The number of aromatic nitrogens is 4. The standard InChI is InChI=1S/C40H26N4/c1-4-13-29(14-5-1)36-26-34(37-33-19-11-10-12-27(33)24-25-35(37)41-36)28-20-22-32(23-21-28)40-43-38(30-15-6-2-7-16-30)42-39(44-40)31-17-8-3-9-18-31/h1-26H. The Bertz CT molecular complexity index is 2190. The van der Waals surface area contributed by atoms with Crippen molar-refractivity contribution in [3.8, 4) is 56.5 Å². The normalized spacial score (nSPS) is 11.2. The minimum absolute atomic E-state index is 0.638. The highest BCUT2D eigenvalue weighted by molar-refractivity contribution is 6.13. The molecule has 0 aliphatic rings. The molecule has 0 atom stereocenters. The van der Waals surface area contributed by atoms with Crippen LogP contribution >= 0.6 is 0 Å². The second-order valence-electron chi connectivity index (χ2n) is 10.7. The number of benzene rings is 6. The highest BCUT2D eigenvalue weighted by Crippen LogP contribution is 2.37. The lowest BCUT2D eigenvalue weighted by molar-refractivity contribution is 1.07. The molecular formula is C40H26N4. The van der Waals surface area contributed by atoms with E-state index in [1.54, 1.807) is 0 Å². The SMILES string of the molecule is c1ccc(-c2cc(-c3ccc(-c4nc(-c5ccccc5)nc(-c5ccccc5)n4)cc3)c3c(ccc4ccccc43)n2)cc1. The largest absolute Gasteiger partial charge is 0.248 e. The summed E-state index contributed by atoms with van der Waals surface area (Å²) in [5.41, 5.74) is 8.09. The first kappa shape index (κ1) is 25.7. The Morgan fingerprint density at radius 3 is 1.41 bits per heavy atom. The predicted molar refractivity (Wildman–Crippen MR) is 180 cm³/mol. The summed E-state index contributed by atoms with van der Waals surface area (Å²) in [6, 6.07) is 54.0. The third-order valence-corrected chi connectivity index (χ3v) is 7.92. The van der Waals surface area contributed by atoms with E-state index in [1.807, 2.05) is 66.7 Å². The lowest BCUT2D eigenvalue weighted by Gasteiger charge is -2.14. The van der Waals surface area contributed by atoms with Crippen LogP contribution in [0.5, 0.6) is 0 Å². The van der Waals surface area contributed by atoms with Gasteiger partial charge in [-0.2, -0.15) is 0 Å². The van der Waals surface area contributed by atoms with Crippen LogP contribution in [0.3, 0.4) is 0 Å². The quantitative estimate of drug-likeness (QED) is 0.196. The molecule has 0 saturated carbocycles. The van der Waals surface area contributed by atoms with Crippen LogP contribution < -0.4 is 0 Å². The molecular weight excluding hydrogens is 536 g/mol. The molecule has 2 aromatic heterocycles. The van der Waals surface area contributed by atoms with Gasteiger partial charge in [0.25, 0.3) is 0 Å². The van der Waals surface area contributed by atoms with Crippen molar-refractivity contribution in [2.45, 2.75) is 0 Å². The molecule has 44 heavy (non-hydrogen) atoms. The van der Waals surface area contributed by atoms with E-state index in [1.165, 1.54) is 10.8 Å². The summed E-state index contributed by atoms with van der Waals surface area (Å²) in [5, 5.41) is 3.53. The van der Waals surface area contributed by atoms with Crippen molar-refractivity contribution in [3.63, 3.8) is 0 Å². The van der Waals surface area contributed by atoms with Gasteiger partial charge >= 0.3 is 0 Å². The Hall–Kier alpha value is -6.00. The van der Waals surface area contributed by atoms with Gasteiger partial charge in [0.15, 0.2) is 17.5 Å². The Morgan fingerprint density at radius 2 is 0.818 bits per heavy atom. The molecule has 0 fully saturated rings. The molecule has 0 aliphatic heterocycles. The summed E-state index contributed by atoms with van der Waals surface area (Å²) >= 11 is 0. The first-order valence-corrected chi connectivity index (χ1v) is 14.7. The van der Waals surface area contributed by atoms with Crippen LogP contribution in [0.1, 0.15) is 0 Å². The van der Waals surface area contributed by atoms with Crippen LogP contribution in [0, 0.1) is 0 Å². The number of fused-ring (bicyclic) bond motifs is 3. The van der Waals surface area contributed by atoms with Crippen LogP contribution in [0.2, 0.25) is 0 Å². The zero-order valence-corrected chi connectivity index (χ0v) is 23.8. The van der Waals surface area contributed by atoms with Crippen molar-refractivity contribution in [1.82, 2.24) is 19.9 Å². The molecule has 0 saturated heterocycles. The minimum Gasteiger partial charge on any atom is -0.248 e. The van der Waals surface area contributed by atoms with E-state index in [-0.39, 0.29) is 0 Å². The number of rotatable bonds is 5. The third kappa shape index (κ3) is 4.79. The van der Waals surface area contributed by atoms with Gasteiger partial charge in [0.05, 0.1) is 11.2 Å². The zero-order chi connectivity index (χ0) is 29.3. The molecule has 0 radical (unpaired) electrons. The van der Waals surface area contributed by atoms with Crippen LogP contribution in [0.4, 0.5) is 0 Å². The molecule has 4 nitrogen and oxygen atoms in total. The van der Waals surface area contributed by atoms with Crippen molar-refractivity contribution >= 4 is 21.7 Å². The highest BCUT2D eigenvalue weighted by Gasteiger charge is 2.15. The summed E-state index contributed by atoms with van der Waals surface area (Å²) < 4.78 is 0. The van der Waals surface area contributed by atoms with Crippen LogP contribution in [-0.4, -0.2) is 19.9 Å². The fourth-order valence-corrected chi connectivity index (χ4v) is 5.73.